The number of aromatic nitrogens is 3. The second kappa shape index (κ2) is 7.95. The highest BCUT2D eigenvalue weighted by atomic mass is 16.7. The molecular formula is C22H23N5O2. The summed E-state index contributed by atoms with van der Waals surface area (Å²) in [6.07, 6.45) is 5.05. The molecule has 148 valence electrons. The lowest BCUT2D eigenvalue weighted by Crippen LogP contribution is -2.35. The maximum Gasteiger partial charge on any atom is 0.247 e. The summed E-state index contributed by atoms with van der Waals surface area (Å²) in [5.41, 5.74) is 2.29. The van der Waals surface area contributed by atoms with E-state index in [0.29, 0.717) is 17.7 Å². The van der Waals surface area contributed by atoms with E-state index in [2.05, 4.69) is 55.7 Å². The highest BCUT2D eigenvalue weighted by Gasteiger charge is 2.22. The molecule has 1 aromatic heterocycles. The SMILES string of the molecule is c1ccc(CC2CCN(c3nncc(Nc4ccc5c(c4)OCO5)n3)CC2)cc1. The van der Waals surface area contributed by atoms with E-state index in [4.69, 9.17) is 9.47 Å². The van der Waals surface area contributed by atoms with Crippen molar-refractivity contribution in [1.82, 2.24) is 15.2 Å². The van der Waals surface area contributed by atoms with Crippen LogP contribution in [0.2, 0.25) is 0 Å². The number of hydrogen-bond donors (Lipinski definition) is 1. The van der Waals surface area contributed by atoms with Gasteiger partial charge in [-0.05, 0) is 42.9 Å². The summed E-state index contributed by atoms with van der Waals surface area (Å²) < 4.78 is 10.8. The summed E-state index contributed by atoms with van der Waals surface area (Å²) >= 11 is 0. The van der Waals surface area contributed by atoms with E-state index in [1.165, 1.54) is 5.56 Å². The Balaban J connectivity index is 1.21. The number of anilines is 3. The van der Waals surface area contributed by atoms with Gasteiger partial charge in [0, 0.05) is 24.8 Å². The van der Waals surface area contributed by atoms with Crippen molar-refractivity contribution in [2.24, 2.45) is 5.92 Å². The summed E-state index contributed by atoms with van der Waals surface area (Å²) in [5.74, 6) is 3.54. The van der Waals surface area contributed by atoms with Gasteiger partial charge >= 0.3 is 0 Å². The predicted molar refractivity (Wildman–Crippen MR) is 111 cm³/mol. The van der Waals surface area contributed by atoms with Crippen LogP contribution < -0.4 is 19.7 Å². The number of nitrogens with zero attached hydrogens (tertiary/aromatic N) is 4. The minimum atomic E-state index is 0.262. The van der Waals surface area contributed by atoms with Gasteiger partial charge in [-0.1, -0.05) is 30.3 Å². The van der Waals surface area contributed by atoms with Crippen LogP contribution in [0.3, 0.4) is 0 Å². The summed E-state index contributed by atoms with van der Waals surface area (Å²) in [4.78, 5) is 6.88. The molecule has 2 aliphatic rings. The van der Waals surface area contributed by atoms with E-state index in [-0.39, 0.29) is 6.79 Å². The van der Waals surface area contributed by atoms with E-state index in [1.54, 1.807) is 6.20 Å². The van der Waals surface area contributed by atoms with E-state index in [1.807, 2.05) is 18.2 Å². The summed E-state index contributed by atoms with van der Waals surface area (Å²) in [7, 11) is 0. The minimum Gasteiger partial charge on any atom is -0.454 e. The van der Waals surface area contributed by atoms with Crippen molar-refractivity contribution in [3.63, 3.8) is 0 Å². The van der Waals surface area contributed by atoms with Crippen molar-refractivity contribution in [3.05, 3.63) is 60.3 Å². The molecule has 0 spiro atoms. The standard InChI is InChI=1S/C22H23N5O2/c1-2-4-16(5-3-1)12-17-8-10-27(11-9-17)22-25-21(14-23-26-22)24-18-6-7-19-20(13-18)29-15-28-19/h1-7,13-14,17H,8-12,15H2,(H,24,25,26). The van der Waals surface area contributed by atoms with Crippen molar-refractivity contribution in [3.8, 4) is 11.5 Å². The fourth-order valence-electron chi connectivity index (χ4n) is 3.90. The monoisotopic (exact) mass is 389 g/mol. The molecular weight excluding hydrogens is 366 g/mol. The average molecular weight is 389 g/mol. The van der Waals surface area contributed by atoms with Gasteiger partial charge in [-0.3, -0.25) is 0 Å². The van der Waals surface area contributed by atoms with E-state index in [0.717, 1.165) is 49.5 Å². The molecule has 0 aliphatic carbocycles. The molecule has 7 nitrogen and oxygen atoms in total. The van der Waals surface area contributed by atoms with Gasteiger partial charge in [0.2, 0.25) is 12.7 Å². The number of fused-ring (bicyclic) bond motifs is 1. The van der Waals surface area contributed by atoms with Crippen molar-refractivity contribution in [1.29, 1.82) is 0 Å². The Bertz CT molecular complexity index is 974. The molecule has 3 heterocycles. The van der Waals surface area contributed by atoms with Gasteiger partial charge in [-0.25, -0.2) is 0 Å². The Labute approximate surface area is 169 Å². The molecule has 0 saturated carbocycles. The molecule has 0 amide bonds. The molecule has 3 aromatic rings. The molecule has 0 unspecified atom stereocenters. The molecule has 1 fully saturated rings. The van der Waals surface area contributed by atoms with Crippen LogP contribution >= 0.6 is 0 Å². The fraction of sp³-hybridized carbons (Fsp3) is 0.318. The third kappa shape index (κ3) is 4.08. The number of piperidine rings is 1. The average Bonchev–Trinajstić information content (AvgIpc) is 3.23. The zero-order valence-corrected chi connectivity index (χ0v) is 16.1. The molecule has 0 atom stereocenters. The Morgan fingerprint density at radius 1 is 1.00 bits per heavy atom. The predicted octanol–water partition coefficient (Wildman–Crippen LogP) is 3.80. The van der Waals surface area contributed by atoms with E-state index in [9.17, 15) is 0 Å². The zero-order valence-electron chi connectivity index (χ0n) is 16.1. The van der Waals surface area contributed by atoms with Gasteiger partial charge in [-0.15, -0.1) is 5.10 Å². The second-order valence-corrected chi connectivity index (χ2v) is 7.45. The maximum atomic E-state index is 5.43. The Kier molecular flexibility index (Phi) is 4.86. The van der Waals surface area contributed by atoms with E-state index < -0.39 is 0 Å². The molecule has 2 aliphatic heterocycles. The van der Waals surface area contributed by atoms with Gasteiger partial charge in [0.05, 0.1) is 6.20 Å². The van der Waals surface area contributed by atoms with Crippen LogP contribution in [0.5, 0.6) is 11.5 Å². The highest BCUT2D eigenvalue weighted by molar-refractivity contribution is 5.61. The number of benzene rings is 2. The Morgan fingerprint density at radius 2 is 1.83 bits per heavy atom. The fourth-order valence-corrected chi connectivity index (χ4v) is 3.90. The van der Waals surface area contributed by atoms with Crippen LogP contribution in [0.15, 0.2) is 54.7 Å². The topological polar surface area (TPSA) is 72.4 Å². The lowest BCUT2D eigenvalue weighted by Gasteiger charge is -2.31. The lowest BCUT2D eigenvalue weighted by atomic mass is 9.90. The minimum absolute atomic E-state index is 0.262. The highest BCUT2D eigenvalue weighted by Crippen LogP contribution is 2.35. The first kappa shape index (κ1) is 17.7. The van der Waals surface area contributed by atoms with Crippen LogP contribution in [0, 0.1) is 5.92 Å². The van der Waals surface area contributed by atoms with Gasteiger partial charge in [0.1, 0.15) is 0 Å². The first-order chi connectivity index (χ1) is 14.3. The zero-order chi connectivity index (χ0) is 19.5. The van der Waals surface area contributed by atoms with Crippen molar-refractivity contribution in [2.45, 2.75) is 19.3 Å². The molecule has 1 N–H and O–H groups in total. The molecule has 0 bridgehead atoms. The summed E-state index contributed by atoms with van der Waals surface area (Å²) in [5, 5.41) is 11.7. The van der Waals surface area contributed by atoms with Crippen LogP contribution in [-0.4, -0.2) is 35.1 Å². The van der Waals surface area contributed by atoms with Gasteiger partial charge in [0.25, 0.3) is 0 Å². The van der Waals surface area contributed by atoms with Crippen molar-refractivity contribution in [2.75, 3.05) is 30.1 Å². The van der Waals surface area contributed by atoms with Gasteiger partial charge in [-0.2, -0.15) is 10.1 Å². The third-order valence-corrected chi connectivity index (χ3v) is 5.46. The van der Waals surface area contributed by atoms with Crippen LogP contribution in [-0.2, 0) is 6.42 Å². The number of hydrogen-bond acceptors (Lipinski definition) is 7. The number of ether oxygens (including phenoxy) is 2. The molecule has 1 saturated heterocycles. The summed E-state index contributed by atoms with van der Waals surface area (Å²) in [6.45, 7) is 2.16. The van der Waals surface area contributed by atoms with Crippen LogP contribution in [0.25, 0.3) is 0 Å². The Morgan fingerprint density at radius 3 is 2.69 bits per heavy atom. The molecule has 29 heavy (non-hydrogen) atoms. The lowest BCUT2D eigenvalue weighted by molar-refractivity contribution is 0.174. The van der Waals surface area contributed by atoms with Crippen molar-refractivity contribution < 1.29 is 9.47 Å². The number of rotatable bonds is 5. The quantitative estimate of drug-likeness (QED) is 0.711. The Hall–Kier alpha value is -3.35. The molecule has 7 heteroatoms. The van der Waals surface area contributed by atoms with Crippen LogP contribution in [0.4, 0.5) is 17.5 Å². The normalized spacial score (nSPS) is 16.1. The first-order valence-corrected chi connectivity index (χ1v) is 9.99. The van der Waals surface area contributed by atoms with Gasteiger partial charge in [0.15, 0.2) is 17.3 Å². The molecule has 2 aromatic carbocycles. The molecule has 5 rings (SSSR count). The maximum absolute atomic E-state index is 5.43. The number of nitrogens with one attached hydrogen (secondary N) is 1. The smallest absolute Gasteiger partial charge is 0.247 e. The van der Waals surface area contributed by atoms with E-state index >= 15 is 0 Å². The largest absolute Gasteiger partial charge is 0.454 e. The van der Waals surface area contributed by atoms with Crippen LogP contribution in [0.1, 0.15) is 18.4 Å². The molecule has 0 radical (unpaired) electrons. The third-order valence-electron chi connectivity index (χ3n) is 5.46. The van der Waals surface area contributed by atoms with Crippen molar-refractivity contribution >= 4 is 17.5 Å². The summed E-state index contributed by atoms with van der Waals surface area (Å²) in [6, 6.07) is 16.4. The first-order valence-electron chi connectivity index (χ1n) is 9.99. The van der Waals surface area contributed by atoms with Gasteiger partial charge < -0.3 is 19.7 Å². The second-order valence-electron chi connectivity index (χ2n) is 7.45.